The third kappa shape index (κ3) is 7.11. The minimum absolute atomic E-state index is 2.81. The first-order chi connectivity index (χ1) is 21.3. The van der Waals surface area contributed by atoms with Gasteiger partial charge in [-0.15, -0.1) is 0 Å². The van der Waals surface area contributed by atoms with Crippen LogP contribution in [0.25, 0.3) is 0 Å². The summed E-state index contributed by atoms with van der Waals surface area (Å²) in [5.74, 6) is -94.4. The van der Waals surface area contributed by atoms with Gasteiger partial charge in [0, 0.05) is 12.8 Å². The van der Waals surface area contributed by atoms with Crippen molar-refractivity contribution in [3.8, 4) is 0 Å². The highest BCUT2D eigenvalue weighted by atomic mass is 19.4. The molecule has 0 aromatic heterocycles. The van der Waals surface area contributed by atoms with Crippen molar-refractivity contribution < 1.29 is 134 Å². The zero-order valence-corrected chi connectivity index (χ0v) is 22.5. The largest absolute Gasteiger partial charge is 0.481 e. The van der Waals surface area contributed by atoms with E-state index in [0.29, 0.717) is 0 Å². The summed E-state index contributed by atoms with van der Waals surface area (Å²) in [6.07, 6.45) is -28.4. The molecule has 0 aromatic carbocycles. The molecule has 0 spiro atoms. The smallest absolute Gasteiger partial charge is 0.460 e. The predicted octanol–water partition coefficient (Wildman–Crippen LogP) is 9.43. The van der Waals surface area contributed by atoms with E-state index in [1.807, 2.05) is 0 Å². The summed E-state index contributed by atoms with van der Waals surface area (Å²) in [4.78, 5) is 22.6. The summed E-state index contributed by atoms with van der Waals surface area (Å²) in [7, 11) is 0. The number of halogens is 26. The van der Waals surface area contributed by atoms with Crippen LogP contribution in [0, 0.1) is 11.8 Å². The number of hydrogen-bond acceptors (Lipinski definition) is 2. The van der Waals surface area contributed by atoms with Gasteiger partial charge in [-0.3, -0.25) is 9.59 Å². The van der Waals surface area contributed by atoms with Gasteiger partial charge in [-0.1, -0.05) is 0 Å². The maximum atomic E-state index is 14.0. The summed E-state index contributed by atoms with van der Waals surface area (Å²) >= 11 is 0. The lowest BCUT2D eigenvalue weighted by Gasteiger charge is -2.40. The second-order valence-corrected chi connectivity index (χ2v) is 9.97. The van der Waals surface area contributed by atoms with E-state index >= 15 is 0 Å². The van der Waals surface area contributed by atoms with Gasteiger partial charge in [0.1, 0.15) is 0 Å². The van der Waals surface area contributed by atoms with Crippen LogP contribution in [-0.4, -0.2) is 93.7 Å². The average Bonchev–Trinajstić information content (AvgIpc) is 2.87. The Labute approximate surface area is 256 Å². The van der Waals surface area contributed by atoms with E-state index in [2.05, 4.69) is 0 Å². The Kier molecular flexibility index (Phi) is 12.2. The average molecular weight is 810 g/mol. The second kappa shape index (κ2) is 13.0. The van der Waals surface area contributed by atoms with Gasteiger partial charge in [-0.25, -0.2) is 0 Å². The van der Waals surface area contributed by atoms with Crippen molar-refractivity contribution in [2.75, 3.05) is 0 Å². The van der Waals surface area contributed by atoms with Gasteiger partial charge in [0.15, 0.2) is 0 Å². The Morgan fingerprint density at radius 2 is 0.520 bits per heavy atom. The third-order valence-electron chi connectivity index (χ3n) is 6.66. The summed E-state index contributed by atoms with van der Waals surface area (Å²) in [5.41, 5.74) is 0. The summed E-state index contributed by atoms with van der Waals surface area (Å²) in [5, 5.41) is 17.9. The highest BCUT2D eigenvalue weighted by molar-refractivity contribution is 5.79. The van der Waals surface area contributed by atoms with Crippen LogP contribution >= 0.6 is 0 Å². The molecular formula is C20H12F26O4. The molecule has 4 nitrogen and oxygen atoms in total. The maximum absolute atomic E-state index is 14.0. The molecule has 30 heteroatoms. The van der Waals surface area contributed by atoms with Gasteiger partial charge in [-0.2, -0.15) is 114 Å². The Hall–Kier alpha value is -2.88. The van der Waals surface area contributed by atoms with Crippen molar-refractivity contribution in [1.29, 1.82) is 0 Å². The van der Waals surface area contributed by atoms with E-state index in [-0.39, 0.29) is 0 Å². The molecule has 0 aromatic rings. The number of rotatable bonds is 17. The van der Waals surface area contributed by atoms with Gasteiger partial charge in [0.25, 0.3) is 0 Å². The maximum Gasteiger partial charge on any atom is 0.460 e. The minimum atomic E-state index is -8.47. The molecule has 0 heterocycles. The van der Waals surface area contributed by atoms with Crippen molar-refractivity contribution in [3.05, 3.63) is 0 Å². The van der Waals surface area contributed by atoms with E-state index in [1.165, 1.54) is 0 Å². The monoisotopic (exact) mass is 810 g/mol. The SMILES string of the molecule is O=C(O)C(CCC(F)(F)C(F)(F)C(F)(F)C(F)(F)C(F)(F)C(F)(F)F)C(CCC(F)(F)C(F)(F)C(F)(F)C(F)(F)C(F)(F)C(F)(F)F)C(=O)O. The number of carboxylic acid groups (broad SMARTS) is 2. The molecule has 0 aliphatic carbocycles. The first-order valence-corrected chi connectivity index (χ1v) is 11.7. The topological polar surface area (TPSA) is 74.6 Å². The van der Waals surface area contributed by atoms with E-state index in [9.17, 15) is 124 Å². The molecule has 0 bridgehead atoms. The molecule has 298 valence electrons. The quantitative estimate of drug-likeness (QED) is 0.144. The lowest BCUT2D eigenvalue weighted by molar-refractivity contribution is -0.440. The van der Waals surface area contributed by atoms with Gasteiger partial charge >= 0.3 is 83.5 Å². The fourth-order valence-electron chi connectivity index (χ4n) is 3.59. The van der Waals surface area contributed by atoms with Crippen molar-refractivity contribution >= 4 is 11.9 Å². The number of carbonyl (C=O) groups is 2. The van der Waals surface area contributed by atoms with E-state index in [0.717, 1.165) is 0 Å². The lowest BCUT2D eigenvalue weighted by Crippen LogP contribution is -2.70. The molecule has 0 saturated heterocycles. The van der Waals surface area contributed by atoms with E-state index in [4.69, 9.17) is 10.2 Å². The molecule has 0 fully saturated rings. The van der Waals surface area contributed by atoms with Gasteiger partial charge in [0.2, 0.25) is 0 Å². The number of aliphatic carboxylic acids is 2. The summed E-state index contributed by atoms with van der Waals surface area (Å²) < 4.78 is 343. The van der Waals surface area contributed by atoms with Crippen molar-refractivity contribution in [2.24, 2.45) is 11.8 Å². The van der Waals surface area contributed by atoms with Crippen LogP contribution in [0.15, 0.2) is 0 Å². The molecule has 0 aliphatic rings. The van der Waals surface area contributed by atoms with Crippen LogP contribution < -0.4 is 0 Å². The van der Waals surface area contributed by atoms with Crippen molar-refractivity contribution in [1.82, 2.24) is 0 Å². The molecule has 2 atom stereocenters. The number of alkyl halides is 26. The van der Waals surface area contributed by atoms with Gasteiger partial charge in [-0.05, 0) is 12.8 Å². The fourth-order valence-corrected chi connectivity index (χ4v) is 3.59. The number of hydrogen-bond donors (Lipinski definition) is 2. The third-order valence-corrected chi connectivity index (χ3v) is 6.66. The first kappa shape index (κ1) is 47.1. The van der Waals surface area contributed by atoms with Crippen LogP contribution in [0.2, 0.25) is 0 Å². The lowest BCUT2D eigenvalue weighted by atomic mass is 9.81. The highest BCUT2D eigenvalue weighted by Gasteiger charge is 2.92. The molecular weight excluding hydrogens is 798 g/mol. The van der Waals surface area contributed by atoms with Crippen LogP contribution in [0.3, 0.4) is 0 Å². The Morgan fingerprint density at radius 1 is 0.340 bits per heavy atom. The molecule has 0 amide bonds. The number of carboxylic acids is 2. The van der Waals surface area contributed by atoms with Crippen molar-refractivity contribution in [2.45, 2.75) is 97.3 Å². The zero-order valence-electron chi connectivity index (χ0n) is 22.5. The zero-order chi connectivity index (χ0) is 41.1. The van der Waals surface area contributed by atoms with Crippen LogP contribution in [0.4, 0.5) is 114 Å². The molecule has 2 N–H and O–H groups in total. The fraction of sp³-hybridized carbons (Fsp3) is 0.900. The molecule has 0 rings (SSSR count). The molecule has 0 aliphatic heterocycles. The van der Waals surface area contributed by atoms with Crippen LogP contribution in [0.5, 0.6) is 0 Å². The van der Waals surface area contributed by atoms with Gasteiger partial charge in [0.05, 0.1) is 11.8 Å². The van der Waals surface area contributed by atoms with E-state index in [1.54, 1.807) is 0 Å². The first-order valence-electron chi connectivity index (χ1n) is 11.7. The van der Waals surface area contributed by atoms with Crippen LogP contribution in [0.1, 0.15) is 25.7 Å². The van der Waals surface area contributed by atoms with Gasteiger partial charge < -0.3 is 10.2 Å². The Balaban J connectivity index is 6.61. The standard InChI is InChI=1S/C20H12F26O4/c21-9(22,11(25,26)13(29,30)15(33,34)17(37,38)19(41,42)43)3-1-5(7(47)48)6(8(49)50)2-4-10(23,24)12(27,28)14(31,32)16(35,36)18(39,40)20(44,45)46/h5-6H,1-4H2,(H,47,48)(H,49,50). The summed E-state index contributed by atoms with van der Waals surface area (Å²) in [6.45, 7) is 0. The highest BCUT2D eigenvalue weighted by Crippen LogP contribution is 2.62. The van der Waals surface area contributed by atoms with Crippen molar-refractivity contribution in [3.63, 3.8) is 0 Å². The Morgan fingerprint density at radius 3 is 0.680 bits per heavy atom. The van der Waals surface area contributed by atoms with Crippen LogP contribution in [-0.2, 0) is 9.59 Å². The Bertz CT molecular complexity index is 1140. The predicted molar refractivity (Wildman–Crippen MR) is 102 cm³/mol. The van der Waals surface area contributed by atoms with E-state index < -0.39 is 121 Å². The minimum Gasteiger partial charge on any atom is -0.481 e. The summed E-state index contributed by atoms with van der Waals surface area (Å²) in [6, 6.07) is 0. The molecule has 50 heavy (non-hydrogen) atoms. The second-order valence-electron chi connectivity index (χ2n) is 9.97. The normalized spacial score (nSPS) is 17.1. The molecule has 0 saturated carbocycles. The molecule has 2 unspecified atom stereocenters. The molecule has 0 radical (unpaired) electrons.